The molecule has 2 aromatic carbocycles. The first kappa shape index (κ1) is 20.1. The number of nitrogens with one attached hydrogen (secondary N) is 1. The number of aromatic nitrogens is 4. The molecule has 0 spiro atoms. The Morgan fingerprint density at radius 1 is 1.16 bits per heavy atom. The highest BCUT2D eigenvalue weighted by molar-refractivity contribution is 7.18. The largest absolute Gasteiger partial charge is 0.352 e. The van der Waals surface area contributed by atoms with Gasteiger partial charge in [-0.15, -0.1) is 16.4 Å². The zero-order valence-corrected chi connectivity index (χ0v) is 18.1. The Morgan fingerprint density at radius 2 is 1.94 bits per heavy atom. The van der Waals surface area contributed by atoms with Crippen LogP contribution in [0.25, 0.3) is 27.0 Å². The van der Waals surface area contributed by atoms with E-state index in [2.05, 4.69) is 15.4 Å². The number of benzene rings is 2. The second kappa shape index (κ2) is 7.69. The van der Waals surface area contributed by atoms with E-state index < -0.39 is 17.4 Å². The van der Waals surface area contributed by atoms with Crippen molar-refractivity contribution in [2.24, 2.45) is 0 Å². The van der Waals surface area contributed by atoms with Gasteiger partial charge in [-0.05, 0) is 37.1 Å². The number of aryl methyl sites for hydroxylation is 2. The highest BCUT2D eigenvalue weighted by atomic mass is 32.1. The molecule has 0 saturated carbocycles. The standard InChI is InChI=1S/C23H18FN5O2S/c1-13-3-6-15(7-4-13)17-11-32-21-20(17)25-12-28-22(21)27-29(23(28)31)10-19(30)26-16-8-5-14(2)18(24)9-16/h3-9,11-12H,10H2,1-2H3,(H,26,30). The van der Waals surface area contributed by atoms with Gasteiger partial charge in [0.15, 0.2) is 5.65 Å². The minimum Gasteiger partial charge on any atom is -0.324 e. The Morgan fingerprint density at radius 3 is 2.69 bits per heavy atom. The molecule has 0 fully saturated rings. The van der Waals surface area contributed by atoms with E-state index in [1.54, 1.807) is 19.1 Å². The van der Waals surface area contributed by atoms with Gasteiger partial charge >= 0.3 is 5.69 Å². The lowest BCUT2D eigenvalue weighted by Crippen LogP contribution is -2.28. The number of rotatable bonds is 4. The van der Waals surface area contributed by atoms with Gasteiger partial charge in [0.1, 0.15) is 18.7 Å². The van der Waals surface area contributed by atoms with E-state index in [0.29, 0.717) is 16.9 Å². The summed E-state index contributed by atoms with van der Waals surface area (Å²) in [6.07, 6.45) is 1.43. The first-order valence-corrected chi connectivity index (χ1v) is 10.8. The third-order valence-corrected chi connectivity index (χ3v) is 6.22. The molecule has 5 rings (SSSR count). The van der Waals surface area contributed by atoms with Crippen LogP contribution < -0.4 is 11.0 Å². The normalized spacial score (nSPS) is 11.3. The van der Waals surface area contributed by atoms with Gasteiger partial charge < -0.3 is 5.32 Å². The number of hydrogen-bond donors (Lipinski definition) is 1. The molecule has 0 saturated heterocycles. The van der Waals surface area contributed by atoms with E-state index in [1.807, 2.05) is 36.6 Å². The minimum atomic E-state index is -0.477. The number of halogens is 1. The van der Waals surface area contributed by atoms with Crippen molar-refractivity contribution in [1.82, 2.24) is 19.2 Å². The summed E-state index contributed by atoms with van der Waals surface area (Å²) in [5.74, 6) is -0.891. The molecule has 0 atom stereocenters. The minimum absolute atomic E-state index is 0.298. The van der Waals surface area contributed by atoms with Crippen molar-refractivity contribution < 1.29 is 9.18 Å². The number of anilines is 1. The molecule has 0 aliphatic rings. The fraction of sp³-hybridized carbons (Fsp3) is 0.130. The molecule has 9 heteroatoms. The lowest BCUT2D eigenvalue weighted by Gasteiger charge is -2.05. The second-order valence-corrected chi connectivity index (χ2v) is 8.46. The fourth-order valence-corrected chi connectivity index (χ4v) is 4.48. The summed E-state index contributed by atoms with van der Waals surface area (Å²) >= 11 is 1.45. The van der Waals surface area contributed by atoms with Gasteiger partial charge in [0.2, 0.25) is 5.91 Å². The number of nitrogens with zero attached hydrogens (tertiary/aromatic N) is 4. The third kappa shape index (κ3) is 3.46. The van der Waals surface area contributed by atoms with Crippen molar-refractivity contribution in [3.8, 4) is 11.1 Å². The van der Waals surface area contributed by atoms with Crippen LogP contribution in [0.4, 0.5) is 10.1 Å². The van der Waals surface area contributed by atoms with Crippen LogP contribution in [0.2, 0.25) is 0 Å². The van der Waals surface area contributed by atoms with Crippen LogP contribution in [0.5, 0.6) is 0 Å². The maximum absolute atomic E-state index is 13.7. The fourth-order valence-electron chi connectivity index (χ4n) is 3.48. The van der Waals surface area contributed by atoms with E-state index in [0.717, 1.165) is 26.0 Å². The van der Waals surface area contributed by atoms with Crippen LogP contribution in [0.15, 0.2) is 59.0 Å². The Hall–Kier alpha value is -3.85. The average Bonchev–Trinajstić information content (AvgIpc) is 3.33. The Kier molecular flexibility index (Phi) is 4.82. The van der Waals surface area contributed by atoms with Crippen LogP contribution in [-0.4, -0.2) is 25.1 Å². The van der Waals surface area contributed by atoms with E-state index in [9.17, 15) is 14.0 Å². The zero-order valence-electron chi connectivity index (χ0n) is 17.3. The second-order valence-electron chi connectivity index (χ2n) is 7.58. The van der Waals surface area contributed by atoms with E-state index in [-0.39, 0.29) is 6.54 Å². The highest BCUT2D eigenvalue weighted by Gasteiger charge is 2.17. The molecule has 1 N–H and O–H groups in total. The summed E-state index contributed by atoms with van der Waals surface area (Å²) in [6.45, 7) is 3.37. The highest BCUT2D eigenvalue weighted by Crippen LogP contribution is 2.34. The predicted octanol–water partition coefficient (Wildman–Crippen LogP) is 4.17. The SMILES string of the molecule is Cc1ccc(-c2csc3c2ncn2c(=O)n(CC(=O)Nc4ccc(C)c(F)c4)nc32)cc1. The lowest BCUT2D eigenvalue weighted by molar-refractivity contribution is -0.117. The van der Waals surface area contributed by atoms with Gasteiger partial charge in [0, 0.05) is 16.6 Å². The molecule has 3 heterocycles. The van der Waals surface area contributed by atoms with Gasteiger partial charge in [-0.1, -0.05) is 35.9 Å². The Bertz CT molecular complexity index is 1550. The molecule has 32 heavy (non-hydrogen) atoms. The topological polar surface area (TPSA) is 81.3 Å². The average molecular weight is 447 g/mol. The monoisotopic (exact) mass is 447 g/mol. The number of hydrogen-bond acceptors (Lipinski definition) is 5. The summed E-state index contributed by atoms with van der Waals surface area (Å²) in [7, 11) is 0. The molecule has 3 aromatic heterocycles. The smallest absolute Gasteiger partial charge is 0.324 e. The summed E-state index contributed by atoms with van der Waals surface area (Å²) < 4.78 is 16.9. The van der Waals surface area contributed by atoms with Crippen LogP contribution in [-0.2, 0) is 11.3 Å². The van der Waals surface area contributed by atoms with Crippen molar-refractivity contribution in [3.63, 3.8) is 0 Å². The van der Waals surface area contributed by atoms with Gasteiger partial charge in [0.25, 0.3) is 0 Å². The quantitative estimate of drug-likeness (QED) is 0.448. The van der Waals surface area contributed by atoms with Crippen molar-refractivity contribution in [2.45, 2.75) is 20.4 Å². The van der Waals surface area contributed by atoms with E-state index in [1.165, 1.54) is 33.7 Å². The molecular formula is C23H18FN5O2S. The number of fused-ring (bicyclic) bond motifs is 3. The van der Waals surface area contributed by atoms with Crippen molar-refractivity contribution in [1.29, 1.82) is 0 Å². The summed E-state index contributed by atoms with van der Waals surface area (Å²) in [5, 5.41) is 8.96. The molecule has 7 nitrogen and oxygen atoms in total. The first-order chi connectivity index (χ1) is 15.4. The van der Waals surface area contributed by atoms with E-state index in [4.69, 9.17) is 0 Å². The molecule has 0 aliphatic carbocycles. The number of carbonyl (C=O) groups excluding carboxylic acids is 1. The first-order valence-electron chi connectivity index (χ1n) is 9.89. The summed E-state index contributed by atoms with van der Waals surface area (Å²) in [4.78, 5) is 29.7. The van der Waals surface area contributed by atoms with Gasteiger partial charge in [-0.25, -0.2) is 23.3 Å². The van der Waals surface area contributed by atoms with Gasteiger partial charge in [-0.2, -0.15) is 0 Å². The van der Waals surface area contributed by atoms with Crippen LogP contribution in [0, 0.1) is 19.7 Å². The van der Waals surface area contributed by atoms with Crippen molar-refractivity contribution in [2.75, 3.05) is 5.32 Å². The molecular weight excluding hydrogens is 429 g/mol. The van der Waals surface area contributed by atoms with Crippen LogP contribution >= 0.6 is 11.3 Å². The number of carbonyl (C=O) groups is 1. The number of thiophene rings is 1. The molecule has 5 aromatic rings. The molecule has 0 unspecified atom stereocenters. The Balaban J connectivity index is 1.48. The lowest BCUT2D eigenvalue weighted by atomic mass is 10.1. The maximum atomic E-state index is 13.7. The number of amides is 1. The van der Waals surface area contributed by atoms with Crippen molar-refractivity contribution >= 4 is 38.8 Å². The molecule has 0 bridgehead atoms. The molecule has 160 valence electrons. The van der Waals surface area contributed by atoms with Crippen LogP contribution in [0.3, 0.4) is 0 Å². The van der Waals surface area contributed by atoms with Crippen LogP contribution in [0.1, 0.15) is 11.1 Å². The van der Waals surface area contributed by atoms with Crippen molar-refractivity contribution in [3.05, 3.63) is 81.6 Å². The molecule has 1 amide bonds. The zero-order chi connectivity index (χ0) is 22.4. The Labute approximate surface area is 185 Å². The van der Waals surface area contributed by atoms with Gasteiger partial charge in [0.05, 0.1) is 10.2 Å². The maximum Gasteiger partial charge on any atom is 0.352 e. The predicted molar refractivity (Wildman–Crippen MR) is 123 cm³/mol. The molecule has 0 radical (unpaired) electrons. The van der Waals surface area contributed by atoms with Gasteiger partial charge in [-0.3, -0.25) is 4.79 Å². The third-order valence-electron chi connectivity index (χ3n) is 5.25. The molecule has 0 aliphatic heterocycles. The summed E-state index contributed by atoms with van der Waals surface area (Å²) in [5.41, 5.74) is 4.70. The summed E-state index contributed by atoms with van der Waals surface area (Å²) in [6, 6.07) is 12.6. The van der Waals surface area contributed by atoms with E-state index >= 15 is 0 Å².